The van der Waals surface area contributed by atoms with Crippen molar-refractivity contribution in [2.24, 2.45) is 5.73 Å². The quantitative estimate of drug-likeness (QED) is 0.514. The van der Waals surface area contributed by atoms with Gasteiger partial charge in [-0.05, 0) is 36.7 Å². The van der Waals surface area contributed by atoms with E-state index in [9.17, 15) is 14.4 Å². The zero-order chi connectivity index (χ0) is 21.1. The lowest BCUT2D eigenvalue weighted by atomic mass is 10.0. The maximum Gasteiger partial charge on any atom is 0.254 e. The fraction of sp³-hybridized carbons (Fsp3) is 0.368. The molecule has 6 N–H and O–H groups in total. The molecule has 0 unspecified atom stereocenters. The Morgan fingerprint density at radius 3 is 2.72 bits per heavy atom. The number of Topliss-reactive ketones (excluding diaryl/α,β-unsaturated/α-hetero) is 1. The molecule has 1 fully saturated rings. The third-order valence-corrected chi connectivity index (χ3v) is 5.30. The van der Waals surface area contributed by atoms with E-state index in [-0.39, 0.29) is 47.6 Å². The van der Waals surface area contributed by atoms with Gasteiger partial charge in [0.15, 0.2) is 0 Å². The number of hydrogen-bond donors (Lipinski definition) is 4. The Morgan fingerprint density at radius 2 is 2.10 bits per heavy atom. The molecule has 1 atom stereocenters. The van der Waals surface area contributed by atoms with Crippen LogP contribution in [0.15, 0.2) is 18.2 Å². The summed E-state index contributed by atoms with van der Waals surface area (Å²) in [6.07, 6.45) is 0.690. The summed E-state index contributed by atoms with van der Waals surface area (Å²) in [6, 6.07) is 4.74. The summed E-state index contributed by atoms with van der Waals surface area (Å²) in [6.45, 7) is 1.50. The smallest absolute Gasteiger partial charge is 0.254 e. The van der Waals surface area contributed by atoms with Gasteiger partial charge < -0.3 is 22.1 Å². The van der Waals surface area contributed by atoms with Gasteiger partial charge in [0, 0.05) is 30.6 Å². The Hall–Kier alpha value is -2.91. The molecule has 1 aliphatic rings. The molecule has 1 saturated heterocycles. The van der Waals surface area contributed by atoms with Gasteiger partial charge in [0.2, 0.25) is 0 Å². The van der Waals surface area contributed by atoms with Gasteiger partial charge >= 0.3 is 0 Å². The lowest BCUT2D eigenvalue weighted by molar-refractivity contribution is -0.117. The highest BCUT2D eigenvalue weighted by molar-refractivity contribution is 6.31. The molecule has 2 heterocycles. The molecule has 29 heavy (non-hydrogen) atoms. The van der Waals surface area contributed by atoms with Gasteiger partial charge in [-0.25, -0.2) is 4.68 Å². The number of benzene rings is 1. The third kappa shape index (κ3) is 4.41. The highest BCUT2D eigenvalue weighted by Crippen LogP contribution is 2.25. The van der Waals surface area contributed by atoms with E-state index in [2.05, 4.69) is 15.7 Å². The van der Waals surface area contributed by atoms with Gasteiger partial charge in [-0.2, -0.15) is 5.10 Å². The van der Waals surface area contributed by atoms with Crippen LogP contribution in [-0.2, 0) is 17.6 Å². The van der Waals surface area contributed by atoms with Gasteiger partial charge in [-0.15, -0.1) is 0 Å². The minimum atomic E-state index is -0.720. The van der Waals surface area contributed by atoms with Crippen LogP contribution in [-0.4, -0.2) is 47.5 Å². The molecule has 0 aliphatic carbocycles. The molecule has 0 radical (unpaired) electrons. The summed E-state index contributed by atoms with van der Waals surface area (Å²) in [5.41, 5.74) is 12.8. The Kier molecular flexibility index (Phi) is 6.19. The molecule has 9 nitrogen and oxygen atoms in total. The number of aromatic nitrogens is 2. The second kappa shape index (κ2) is 8.62. The van der Waals surface area contributed by atoms with E-state index in [1.54, 1.807) is 22.9 Å². The van der Waals surface area contributed by atoms with Crippen molar-refractivity contribution in [3.05, 3.63) is 45.6 Å². The van der Waals surface area contributed by atoms with Crippen LogP contribution < -0.4 is 22.1 Å². The molecule has 2 aromatic rings. The minimum absolute atomic E-state index is 0.00985. The van der Waals surface area contributed by atoms with Crippen LogP contribution in [0.4, 0.5) is 5.82 Å². The number of nitrogens with zero attached hydrogens (tertiary/aromatic N) is 2. The largest absolute Gasteiger partial charge is 0.383 e. The van der Waals surface area contributed by atoms with E-state index >= 15 is 0 Å². The normalized spacial score (nSPS) is 16.0. The highest BCUT2D eigenvalue weighted by Gasteiger charge is 2.27. The maximum atomic E-state index is 12.7. The Labute approximate surface area is 172 Å². The Morgan fingerprint density at radius 1 is 1.34 bits per heavy atom. The monoisotopic (exact) mass is 418 g/mol. The molecule has 3 rings (SSSR count). The van der Waals surface area contributed by atoms with Crippen LogP contribution in [0.25, 0.3) is 0 Å². The van der Waals surface area contributed by atoms with Gasteiger partial charge in [0.05, 0.1) is 18.2 Å². The van der Waals surface area contributed by atoms with Crippen molar-refractivity contribution in [1.29, 1.82) is 0 Å². The van der Waals surface area contributed by atoms with Crippen LogP contribution in [0.2, 0.25) is 5.02 Å². The first-order chi connectivity index (χ1) is 13.8. The molecule has 1 aliphatic heterocycles. The number of ketones is 1. The molecule has 0 bridgehead atoms. The van der Waals surface area contributed by atoms with Gasteiger partial charge in [0.1, 0.15) is 17.2 Å². The van der Waals surface area contributed by atoms with Crippen molar-refractivity contribution in [1.82, 2.24) is 20.4 Å². The average Bonchev–Trinajstić information content (AvgIpc) is 3.30. The molecule has 1 aromatic carbocycles. The summed E-state index contributed by atoms with van der Waals surface area (Å²) in [5.74, 6) is -1.04. The van der Waals surface area contributed by atoms with E-state index in [0.717, 1.165) is 13.0 Å². The Bertz CT molecular complexity index is 965. The van der Waals surface area contributed by atoms with Gasteiger partial charge in [-0.1, -0.05) is 11.6 Å². The van der Waals surface area contributed by atoms with Crippen LogP contribution >= 0.6 is 11.6 Å². The second-order valence-corrected chi connectivity index (χ2v) is 7.35. The topological polar surface area (TPSA) is 145 Å². The highest BCUT2D eigenvalue weighted by atomic mass is 35.5. The van der Waals surface area contributed by atoms with E-state index < -0.39 is 5.91 Å². The van der Waals surface area contributed by atoms with Crippen molar-refractivity contribution in [2.75, 3.05) is 25.9 Å². The summed E-state index contributed by atoms with van der Waals surface area (Å²) in [7, 11) is 1.52. The number of nitrogen functional groups attached to an aromatic ring is 1. The zero-order valence-corrected chi connectivity index (χ0v) is 16.8. The Balaban J connectivity index is 1.83. The van der Waals surface area contributed by atoms with E-state index in [4.69, 9.17) is 23.1 Å². The fourth-order valence-electron chi connectivity index (χ4n) is 3.47. The molecule has 1 aromatic heterocycles. The molecule has 2 amide bonds. The molecule has 0 spiro atoms. The van der Waals surface area contributed by atoms with Crippen LogP contribution in [0.3, 0.4) is 0 Å². The van der Waals surface area contributed by atoms with Crippen molar-refractivity contribution in [3.63, 3.8) is 0 Å². The van der Waals surface area contributed by atoms with E-state index in [0.29, 0.717) is 22.7 Å². The van der Waals surface area contributed by atoms with Crippen LogP contribution in [0, 0.1) is 0 Å². The first kappa shape index (κ1) is 20.8. The number of carbonyl (C=O) groups excluding carboxylic acids is 3. The first-order valence-electron chi connectivity index (χ1n) is 9.21. The van der Waals surface area contributed by atoms with E-state index in [1.165, 1.54) is 7.05 Å². The van der Waals surface area contributed by atoms with Crippen molar-refractivity contribution < 1.29 is 14.4 Å². The lowest BCUT2D eigenvalue weighted by Crippen LogP contribution is -2.19. The number of rotatable bonds is 7. The number of anilines is 1. The molecular formula is C19H23ClN6O3. The SMILES string of the molecule is CNC(=O)c1ccc(Cl)c(CC(=O)Cc2nn([C@H]3CCNC3)c(N)c2C(N)=O)c1. The lowest BCUT2D eigenvalue weighted by Gasteiger charge is -2.10. The summed E-state index contributed by atoms with van der Waals surface area (Å²) in [4.78, 5) is 36.4. The minimum Gasteiger partial charge on any atom is -0.383 e. The van der Waals surface area contributed by atoms with Crippen molar-refractivity contribution >= 4 is 35.0 Å². The number of hydrogen-bond acceptors (Lipinski definition) is 6. The molecule has 0 saturated carbocycles. The summed E-state index contributed by atoms with van der Waals surface area (Å²) in [5, 5.41) is 10.5. The number of halogens is 1. The molecule has 10 heteroatoms. The maximum absolute atomic E-state index is 12.7. The number of nitrogens with two attached hydrogens (primary N) is 2. The van der Waals surface area contributed by atoms with Crippen molar-refractivity contribution in [3.8, 4) is 0 Å². The number of nitrogens with one attached hydrogen (secondary N) is 2. The second-order valence-electron chi connectivity index (χ2n) is 6.94. The summed E-state index contributed by atoms with van der Waals surface area (Å²) >= 11 is 6.18. The third-order valence-electron chi connectivity index (χ3n) is 4.93. The number of carbonyl (C=O) groups is 3. The predicted molar refractivity (Wildman–Crippen MR) is 109 cm³/mol. The zero-order valence-electron chi connectivity index (χ0n) is 16.0. The van der Waals surface area contributed by atoms with E-state index in [1.807, 2.05) is 0 Å². The standard InChI is InChI=1S/C19H23ClN6O3/c1-23-19(29)10-2-3-14(20)11(6-10)7-13(27)8-15-16(18(22)28)17(21)26(25-15)12-4-5-24-9-12/h2-3,6,12,24H,4-5,7-9,21H2,1H3,(H2,22,28)(H,23,29)/t12-/m0/s1. The first-order valence-corrected chi connectivity index (χ1v) is 9.59. The van der Waals surface area contributed by atoms with Crippen molar-refractivity contribution in [2.45, 2.75) is 25.3 Å². The average molecular weight is 419 g/mol. The predicted octanol–water partition coefficient (Wildman–Crippen LogP) is 0.466. The van der Waals surface area contributed by atoms with Crippen LogP contribution in [0.5, 0.6) is 0 Å². The van der Waals surface area contributed by atoms with Crippen LogP contribution in [0.1, 0.15) is 44.4 Å². The number of primary amides is 1. The molecular weight excluding hydrogens is 396 g/mol. The van der Waals surface area contributed by atoms with Gasteiger partial charge in [0.25, 0.3) is 11.8 Å². The molecule has 154 valence electrons. The van der Waals surface area contributed by atoms with Gasteiger partial charge in [-0.3, -0.25) is 14.4 Å². The fourth-order valence-corrected chi connectivity index (χ4v) is 3.66. The number of amides is 2. The summed E-state index contributed by atoms with van der Waals surface area (Å²) < 4.78 is 1.57.